The predicted octanol–water partition coefficient (Wildman–Crippen LogP) is 3.50. The van der Waals surface area contributed by atoms with E-state index in [1.165, 1.54) is 13.3 Å². The average Bonchev–Trinajstić information content (AvgIpc) is 2.59. The fourth-order valence-corrected chi connectivity index (χ4v) is 2.63. The number of carbonyl (C=O) groups excluding carboxylic acids is 1. The van der Waals surface area contributed by atoms with E-state index in [-0.39, 0.29) is 12.4 Å². The maximum Gasteiger partial charge on any atom is 0.277 e. The first-order chi connectivity index (χ1) is 11.9. The van der Waals surface area contributed by atoms with Crippen LogP contribution in [0.1, 0.15) is 11.1 Å². The van der Waals surface area contributed by atoms with E-state index >= 15 is 0 Å². The van der Waals surface area contributed by atoms with E-state index in [4.69, 9.17) is 21.1 Å². The molecule has 0 fully saturated rings. The average molecular weight is 475 g/mol. The zero-order chi connectivity index (χ0) is 18.4. The molecule has 8 heteroatoms. The summed E-state index contributed by atoms with van der Waals surface area (Å²) < 4.78 is 11.1. The Balaban J connectivity index is 1.90. The summed E-state index contributed by atoms with van der Waals surface area (Å²) in [6.45, 7) is 1.68. The van der Waals surface area contributed by atoms with Crippen LogP contribution in [0.25, 0.3) is 0 Å². The quantitative estimate of drug-likeness (QED) is 0.382. The summed E-state index contributed by atoms with van der Waals surface area (Å²) in [6, 6.07) is 8.48. The highest BCUT2D eigenvalue weighted by molar-refractivity contribution is 14.1. The number of aromatic hydroxyl groups is 1. The van der Waals surface area contributed by atoms with Gasteiger partial charge in [-0.3, -0.25) is 4.79 Å². The predicted molar refractivity (Wildman–Crippen MR) is 105 cm³/mol. The molecule has 0 spiro atoms. The molecular formula is C17H16ClIN2O4. The van der Waals surface area contributed by atoms with Gasteiger partial charge in [-0.25, -0.2) is 5.43 Å². The van der Waals surface area contributed by atoms with Gasteiger partial charge in [0.2, 0.25) is 0 Å². The molecule has 0 aliphatic rings. The molecule has 0 heterocycles. The first kappa shape index (κ1) is 19.3. The van der Waals surface area contributed by atoms with Gasteiger partial charge in [0.25, 0.3) is 5.91 Å². The van der Waals surface area contributed by atoms with Crippen LogP contribution in [0.4, 0.5) is 0 Å². The Kier molecular flexibility index (Phi) is 6.89. The lowest BCUT2D eigenvalue weighted by Crippen LogP contribution is -2.24. The minimum Gasteiger partial charge on any atom is -0.504 e. The zero-order valence-corrected chi connectivity index (χ0v) is 16.5. The van der Waals surface area contributed by atoms with Crippen molar-refractivity contribution >= 4 is 46.3 Å². The lowest BCUT2D eigenvalue weighted by Gasteiger charge is -2.07. The number of carbonyl (C=O) groups is 1. The van der Waals surface area contributed by atoms with Crippen LogP contribution in [0.15, 0.2) is 35.4 Å². The van der Waals surface area contributed by atoms with E-state index < -0.39 is 5.91 Å². The Bertz CT molecular complexity index is 811. The van der Waals surface area contributed by atoms with Crippen molar-refractivity contribution in [1.82, 2.24) is 5.43 Å². The van der Waals surface area contributed by atoms with Gasteiger partial charge in [0.15, 0.2) is 18.1 Å². The first-order valence-corrected chi connectivity index (χ1v) is 8.63. The summed E-state index contributed by atoms with van der Waals surface area (Å²) in [6.07, 6.45) is 1.45. The molecule has 0 saturated carbocycles. The third kappa shape index (κ3) is 5.50. The lowest BCUT2D eigenvalue weighted by atomic mass is 10.2. The molecule has 0 saturated heterocycles. The highest BCUT2D eigenvalue weighted by Crippen LogP contribution is 2.31. The normalized spacial score (nSPS) is 10.7. The van der Waals surface area contributed by atoms with E-state index in [0.29, 0.717) is 25.7 Å². The van der Waals surface area contributed by atoms with Crippen molar-refractivity contribution in [1.29, 1.82) is 0 Å². The minimum atomic E-state index is -0.399. The molecule has 2 N–H and O–H groups in total. The van der Waals surface area contributed by atoms with Gasteiger partial charge in [0.05, 0.1) is 16.9 Å². The van der Waals surface area contributed by atoms with Crippen LogP contribution in [-0.4, -0.2) is 30.9 Å². The second-order valence-corrected chi connectivity index (χ2v) is 6.62. The standard InChI is InChI=1S/C17H16ClIN2O4/c1-10-5-12(3-4-13(10)18)25-9-16(22)21-20-8-11-6-14(19)17(23)15(7-11)24-2/h3-8,23H,9H2,1-2H3,(H,21,22)/b20-8+. The summed E-state index contributed by atoms with van der Waals surface area (Å²) in [5, 5.41) is 14.3. The molecule has 0 aromatic heterocycles. The van der Waals surface area contributed by atoms with Crippen LogP contribution in [0.5, 0.6) is 17.2 Å². The summed E-state index contributed by atoms with van der Waals surface area (Å²) in [4.78, 5) is 11.8. The van der Waals surface area contributed by atoms with Crippen molar-refractivity contribution in [2.24, 2.45) is 5.10 Å². The summed E-state index contributed by atoms with van der Waals surface area (Å²) in [5.74, 6) is 0.556. The Morgan fingerprint density at radius 2 is 2.16 bits per heavy atom. The minimum absolute atomic E-state index is 0.0657. The van der Waals surface area contributed by atoms with Gasteiger partial charge in [-0.05, 0) is 71.0 Å². The fourth-order valence-electron chi connectivity index (χ4n) is 1.89. The highest BCUT2D eigenvalue weighted by Gasteiger charge is 2.08. The molecular weight excluding hydrogens is 459 g/mol. The van der Waals surface area contributed by atoms with Crippen molar-refractivity contribution in [3.63, 3.8) is 0 Å². The second-order valence-electron chi connectivity index (χ2n) is 5.05. The van der Waals surface area contributed by atoms with Gasteiger partial charge in [0, 0.05) is 5.02 Å². The van der Waals surface area contributed by atoms with Crippen molar-refractivity contribution in [3.05, 3.63) is 50.1 Å². The second kappa shape index (κ2) is 8.91. The van der Waals surface area contributed by atoms with Gasteiger partial charge >= 0.3 is 0 Å². The van der Waals surface area contributed by atoms with E-state index in [9.17, 15) is 9.90 Å². The van der Waals surface area contributed by atoms with E-state index in [1.54, 1.807) is 30.3 Å². The number of benzene rings is 2. The molecule has 2 aromatic carbocycles. The number of rotatable bonds is 6. The molecule has 0 bridgehead atoms. The van der Waals surface area contributed by atoms with E-state index in [1.807, 2.05) is 29.5 Å². The summed E-state index contributed by atoms with van der Waals surface area (Å²) in [7, 11) is 1.46. The largest absolute Gasteiger partial charge is 0.504 e. The molecule has 0 unspecified atom stereocenters. The Morgan fingerprint density at radius 3 is 2.84 bits per heavy atom. The van der Waals surface area contributed by atoms with Crippen molar-refractivity contribution < 1.29 is 19.4 Å². The third-order valence-electron chi connectivity index (χ3n) is 3.17. The van der Waals surface area contributed by atoms with Gasteiger partial charge < -0.3 is 14.6 Å². The monoisotopic (exact) mass is 474 g/mol. The number of hydrazone groups is 1. The van der Waals surface area contributed by atoms with Crippen LogP contribution in [0.3, 0.4) is 0 Å². The van der Waals surface area contributed by atoms with Crippen LogP contribution < -0.4 is 14.9 Å². The molecule has 6 nitrogen and oxygen atoms in total. The molecule has 0 radical (unpaired) electrons. The number of nitrogens with one attached hydrogen (secondary N) is 1. The maximum absolute atomic E-state index is 11.8. The number of methoxy groups -OCH3 is 1. The number of hydrogen-bond acceptors (Lipinski definition) is 5. The van der Waals surface area contributed by atoms with Crippen molar-refractivity contribution in [3.8, 4) is 17.2 Å². The number of ether oxygens (including phenoxy) is 2. The van der Waals surface area contributed by atoms with Crippen LogP contribution in [-0.2, 0) is 4.79 Å². The van der Waals surface area contributed by atoms with E-state index in [0.717, 1.165) is 5.56 Å². The smallest absolute Gasteiger partial charge is 0.277 e. The molecule has 132 valence electrons. The van der Waals surface area contributed by atoms with Crippen LogP contribution >= 0.6 is 34.2 Å². The Morgan fingerprint density at radius 1 is 1.40 bits per heavy atom. The number of hydrogen-bond donors (Lipinski definition) is 2. The molecule has 0 aliphatic heterocycles. The summed E-state index contributed by atoms with van der Waals surface area (Å²) in [5.41, 5.74) is 3.92. The highest BCUT2D eigenvalue weighted by atomic mass is 127. The van der Waals surface area contributed by atoms with Gasteiger partial charge in [0.1, 0.15) is 5.75 Å². The van der Waals surface area contributed by atoms with Crippen LogP contribution in [0.2, 0.25) is 5.02 Å². The maximum atomic E-state index is 11.8. The van der Waals surface area contributed by atoms with Crippen molar-refractivity contribution in [2.45, 2.75) is 6.92 Å². The SMILES string of the molecule is COc1cc(/C=N/NC(=O)COc2ccc(Cl)c(C)c2)cc(I)c1O. The number of aryl methyl sites for hydroxylation is 1. The zero-order valence-electron chi connectivity index (χ0n) is 13.5. The molecule has 2 rings (SSSR count). The number of amides is 1. The van der Waals surface area contributed by atoms with E-state index in [2.05, 4.69) is 10.5 Å². The first-order valence-electron chi connectivity index (χ1n) is 7.18. The molecule has 0 aliphatic carbocycles. The fraction of sp³-hybridized carbons (Fsp3) is 0.176. The Hall–Kier alpha value is -2.00. The van der Waals surface area contributed by atoms with Gasteiger partial charge in [-0.15, -0.1) is 0 Å². The molecule has 2 aromatic rings. The van der Waals surface area contributed by atoms with Gasteiger partial charge in [-0.1, -0.05) is 11.6 Å². The van der Waals surface area contributed by atoms with Crippen molar-refractivity contribution in [2.75, 3.05) is 13.7 Å². The summed E-state index contributed by atoms with van der Waals surface area (Å²) >= 11 is 7.91. The Labute approximate surface area is 163 Å². The number of nitrogens with zero attached hydrogens (tertiary/aromatic N) is 1. The lowest BCUT2D eigenvalue weighted by molar-refractivity contribution is -0.123. The molecule has 1 amide bonds. The van der Waals surface area contributed by atoms with Gasteiger partial charge in [-0.2, -0.15) is 5.10 Å². The van der Waals surface area contributed by atoms with Crippen LogP contribution in [0, 0.1) is 10.5 Å². The molecule has 0 atom stereocenters. The number of halogens is 2. The third-order valence-corrected chi connectivity index (χ3v) is 4.42. The topological polar surface area (TPSA) is 80.2 Å². The number of phenolic OH excluding ortho intramolecular Hbond substituents is 1. The number of phenols is 1. The molecule has 25 heavy (non-hydrogen) atoms.